The molecule has 1 saturated carbocycles. The molecule has 3 heterocycles. The molecular formula is C21H18N6O4. The maximum atomic E-state index is 12.9. The average Bonchev–Trinajstić information content (AvgIpc) is 3.17. The van der Waals surface area contributed by atoms with Crippen molar-refractivity contribution in [2.45, 2.75) is 25.3 Å². The molecular weight excluding hydrogens is 400 g/mol. The summed E-state index contributed by atoms with van der Waals surface area (Å²) in [5.41, 5.74) is 2.40. The number of amides is 2. The number of rotatable bonds is 5. The number of hydrogen-bond acceptors (Lipinski definition) is 6. The third-order valence-electron chi connectivity index (χ3n) is 5.33. The summed E-state index contributed by atoms with van der Waals surface area (Å²) < 4.78 is 7.03. The number of hydrogen-bond donors (Lipinski definition) is 3. The molecule has 0 saturated heterocycles. The van der Waals surface area contributed by atoms with E-state index in [-0.39, 0.29) is 11.8 Å². The molecule has 156 valence electrons. The topological polar surface area (TPSA) is 135 Å². The molecule has 3 N–H and O–H groups in total. The molecule has 31 heavy (non-hydrogen) atoms. The number of nitrogens with one attached hydrogen (secondary N) is 2. The van der Waals surface area contributed by atoms with Gasteiger partial charge in [0.25, 0.3) is 11.8 Å². The molecule has 3 aromatic heterocycles. The minimum atomic E-state index is -1.13. The van der Waals surface area contributed by atoms with Crippen molar-refractivity contribution in [1.82, 2.24) is 24.8 Å². The standard InChI is InChI=1S/C21H18N6O4/c1-12-5-6-13(17-24-19(31-26-17)21(7-8-21)25-20(29)30)10-14(12)23-18(28)15-11-22-16-4-2-3-9-27(15)16/h2-6,9-11,25H,7-8H2,1H3,(H,23,28)(H,29,30). The average molecular weight is 418 g/mol. The Morgan fingerprint density at radius 1 is 1.23 bits per heavy atom. The van der Waals surface area contributed by atoms with Crippen molar-refractivity contribution >= 4 is 23.3 Å². The van der Waals surface area contributed by atoms with Crippen LogP contribution < -0.4 is 10.6 Å². The molecule has 0 unspecified atom stereocenters. The van der Waals surface area contributed by atoms with Crippen LogP contribution in [0, 0.1) is 6.92 Å². The Labute approximate surface area is 175 Å². The molecule has 10 heteroatoms. The van der Waals surface area contributed by atoms with Crippen LogP contribution in [0.25, 0.3) is 17.0 Å². The van der Waals surface area contributed by atoms with Gasteiger partial charge in [-0.25, -0.2) is 9.78 Å². The number of aromatic nitrogens is 4. The zero-order valence-corrected chi connectivity index (χ0v) is 16.5. The van der Waals surface area contributed by atoms with Crippen LogP contribution in [-0.2, 0) is 5.54 Å². The van der Waals surface area contributed by atoms with Gasteiger partial charge in [0, 0.05) is 17.4 Å². The lowest BCUT2D eigenvalue weighted by atomic mass is 10.1. The number of anilines is 1. The summed E-state index contributed by atoms with van der Waals surface area (Å²) in [5, 5.41) is 18.4. The summed E-state index contributed by atoms with van der Waals surface area (Å²) in [6.45, 7) is 1.88. The van der Waals surface area contributed by atoms with E-state index in [1.165, 1.54) is 6.20 Å². The van der Waals surface area contributed by atoms with E-state index < -0.39 is 11.6 Å². The monoisotopic (exact) mass is 418 g/mol. The van der Waals surface area contributed by atoms with Crippen molar-refractivity contribution in [3.05, 3.63) is 65.9 Å². The molecule has 1 aliphatic rings. The molecule has 10 nitrogen and oxygen atoms in total. The number of carbonyl (C=O) groups is 2. The molecule has 0 spiro atoms. The predicted molar refractivity (Wildman–Crippen MR) is 110 cm³/mol. The fourth-order valence-electron chi connectivity index (χ4n) is 3.44. The number of aryl methyl sites for hydroxylation is 1. The highest BCUT2D eigenvalue weighted by Crippen LogP contribution is 2.45. The third-order valence-corrected chi connectivity index (χ3v) is 5.33. The van der Waals surface area contributed by atoms with Crippen LogP contribution in [0.1, 0.15) is 34.8 Å². The molecule has 2 amide bonds. The highest BCUT2D eigenvalue weighted by Gasteiger charge is 2.51. The van der Waals surface area contributed by atoms with Crippen LogP contribution in [0.15, 0.2) is 53.3 Å². The smallest absolute Gasteiger partial charge is 0.405 e. The molecule has 0 bridgehead atoms. The fourth-order valence-corrected chi connectivity index (χ4v) is 3.44. The quantitative estimate of drug-likeness (QED) is 0.453. The summed E-state index contributed by atoms with van der Waals surface area (Å²) in [7, 11) is 0. The van der Waals surface area contributed by atoms with Crippen LogP contribution >= 0.6 is 0 Å². The van der Waals surface area contributed by atoms with E-state index in [1.54, 1.807) is 16.7 Å². The van der Waals surface area contributed by atoms with Crippen LogP contribution in [-0.4, -0.2) is 36.6 Å². The van der Waals surface area contributed by atoms with Gasteiger partial charge in [-0.3, -0.25) is 9.20 Å². The predicted octanol–water partition coefficient (Wildman–Crippen LogP) is 3.20. The zero-order chi connectivity index (χ0) is 21.6. The first-order chi connectivity index (χ1) is 14.9. The Morgan fingerprint density at radius 2 is 2.06 bits per heavy atom. The van der Waals surface area contributed by atoms with E-state index in [2.05, 4.69) is 25.8 Å². The van der Waals surface area contributed by atoms with Crippen molar-refractivity contribution in [3.63, 3.8) is 0 Å². The second-order valence-corrected chi connectivity index (χ2v) is 7.49. The second kappa shape index (κ2) is 6.94. The lowest BCUT2D eigenvalue weighted by molar-refractivity contribution is 0.102. The first-order valence-corrected chi connectivity index (χ1v) is 9.65. The van der Waals surface area contributed by atoms with E-state index in [9.17, 15) is 9.59 Å². The second-order valence-electron chi connectivity index (χ2n) is 7.49. The lowest BCUT2D eigenvalue weighted by Gasteiger charge is -2.10. The van der Waals surface area contributed by atoms with E-state index in [0.29, 0.717) is 41.3 Å². The molecule has 0 aliphatic heterocycles. The highest BCUT2D eigenvalue weighted by atomic mass is 16.5. The van der Waals surface area contributed by atoms with Crippen molar-refractivity contribution < 1.29 is 19.2 Å². The summed E-state index contributed by atoms with van der Waals surface area (Å²) in [4.78, 5) is 32.5. The van der Waals surface area contributed by atoms with Gasteiger partial charge in [0.1, 0.15) is 16.9 Å². The van der Waals surface area contributed by atoms with Gasteiger partial charge in [0.2, 0.25) is 5.82 Å². The maximum absolute atomic E-state index is 12.9. The Kier molecular flexibility index (Phi) is 4.21. The Bertz CT molecular complexity index is 1320. The Hall–Kier alpha value is -4.21. The Balaban J connectivity index is 1.41. The molecule has 0 radical (unpaired) electrons. The number of pyridine rings is 1. The molecule has 1 fully saturated rings. The van der Waals surface area contributed by atoms with Crippen molar-refractivity contribution in [1.29, 1.82) is 0 Å². The van der Waals surface area contributed by atoms with Crippen molar-refractivity contribution in [3.8, 4) is 11.4 Å². The number of carboxylic acid groups (broad SMARTS) is 1. The van der Waals surface area contributed by atoms with Crippen LogP contribution in [0.3, 0.4) is 0 Å². The van der Waals surface area contributed by atoms with Gasteiger partial charge in [0.15, 0.2) is 0 Å². The van der Waals surface area contributed by atoms with Crippen molar-refractivity contribution in [2.24, 2.45) is 0 Å². The minimum Gasteiger partial charge on any atom is -0.465 e. The summed E-state index contributed by atoms with van der Waals surface area (Å²) in [6.07, 6.45) is 3.38. The van der Waals surface area contributed by atoms with Gasteiger partial charge < -0.3 is 20.3 Å². The largest absolute Gasteiger partial charge is 0.465 e. The summed E-state index contributed by atoms with van der Waals surface area (Å²) in [5.74, 6) is 0.260. The summed E-state index contributed by atoms with van der Waals surface area (Å²) in [6, 6.07) is 10.9. The molecule has 1 aromatic carbocycles. The first-order valence-electron chi connectivity index (χ1n) is 9.65. The van der Waals surface area contributed by atoms with Gasteiger partial charge in [-0.1, -0.05) is 23.4 Å². The molecule has 5 rings (SSSR count). The molecule has 1 aliphatic carbocycles. The van der Waals surface area contributed by atoms with Gasteiger partial charge in [-0.05, 0) is 43.5 Å². The normalized spacial score (nSPS) is 14.4. The lowest BCUT2D eigenvalue weighted by Crippen LogP contribution is -2.33. The van der Waals surface area contributed by atoms with E-state index in [4.69, 9.17) is 9.63 Å². The number of imidazole rings is 1. The number of nitrogens with zero attached hydrogens (tertiary/aromatic N) is 4. The SMILES string of the molecule is Cc1ccc(-c2noc(C3(NC(=O)O)CC3)n2)cc1NC(=O)c1cnc2ccccn12. The molecule has 0 atom stereocenters. The minimum absolute atomic E-state index is 0.238. The maximum Gasteiger partial charge on any atom is 0.405 e. The molecule has 4 aromatic rings. The van der Waals surface area contributed by atoms with E-state index in [0.717, 1.165) is 5.56 Å². The number of benzene rings is 1. The Morgan fingerprint density at radius 3 is 2.84 bits per heavy atom. The zero-order valence-electron chi connectivity index (χ0n) is 16.5. The third kappa shape index (κ3) is 3.37. The van der Waals surface area contributed by atoms with Gasteiger partial charge >= 0.3 is 6.09 Å². The van der Waals surface area contributed by atoms with E-state index >= 15 is 0 Å². The van der Waals surface area contributed by atoms with E-state index in [1.807, 2.05) is 37.3 Å². The van der Waals surface area contributed by atoms with Gasteiger partial charge in [-0.2, -0.15) is 4.98 Å². The highest BCUT2D eigenvalue weighted by molar-refractivity contribution is 6.04. The van der Waals surface area contributed by atoms with Crippen LogP contribution in [0.4, 0.5) is 10.5 Å². The van der Waals surface area contributed by atoms with Crippen LogP contribution in [0.2, 0.25) is 0 Å². The first kappa shape index (κ1) is 18.8. The van der Waals surface area contributed by atoms with Crippen molar-refractivity contribution in [2.75, 3.05) is 5.32 Å². The van der Waals surface area contributed by atoms with Gasteiger partial charge in [-0.15, -0.1) is 0 Å². The van der Waals surface area contributed by atoms with Gasteiger partial charge in [0.05, 0.1) is 6.20 Å². The summed E-state index contributed by atoms with van der Waals surface area (Å²) >= 11 is 0. The number of carbonyl (C=O) groups excluding carboxylic acids is 1. The fraction of sp³-hybridized carbons (Fsp3) is 0.190. The van der Waals surface area contributed by atoms with Crippen LogP contribution in [0.5, 0.6) is 0 Å². The number of fused-ring (bicyclic) bond motifs is 1.